The first-order chi connectivity index (χ1) is 14.8. The summed E-state index contributed by atoms with van der Waals surface area (Å²) in [5, 5.41) is 5.54. The monoisotopic (exact) mass is 432 g/mol. The predicted molar refractivity (Wildman–Crippen MR) is 112 cm³/mol. The maximum absolute atomic E-state index is 12.5. The Kier molecular flexibility index (Phi) is 7.33. The van der Waals surface area contributed by atoms with Crippen LogP contribution in [-0.2, 0) is 16.0 Å². The van der Waals surface area contributed by atoms with E-state index in [0.717, 1.165) is 12.8 Å². The van der Waals surface area contributed by atoms with Crippen LogP contribution in [0.4, 0.5) is 24.5 Å². The number of carbonyl (C=O) groups excluding carboxylic acids is 2. The van der Waals surface area contributed by atoms with Crippen LogP contribution in [0.2, 0.25) is 0 Å². The van der Waals surface area contributed by atoms with Gasteiger partial charge < -0.3 is 15.4 Å². The van der Waals surface area contributed by atoms with Gasteiger partial charge in [0.2, 0.25) is 11.8 Å². The molecule has 5 nitrogen and oxygen atoms in total. The highest BCUT2D eigenvalue weighted by atomic mass is 19.4. The smallest absolute Gasteiger partial charge is 0.406 e. The van der Waals surface area contributed by atoms with Crippen molar-refractivity contribution in [3.05, 3.63) is 66.2 Å². The van der Waals surface area contributed by atoms with Gasteiger partial charge in [0.25, 0.3) is 0 Å². The molecule has 1 aliphatic carbocycles. The molecule has 0 heterocycles. The fourth-order valence-corrected chi connectivity index (χ4v) is 3.40. The van der Waals surface area contributed by atoms with Crippen molar-refractivity contribution < 1.29 is 27.5 Å². The average Bonchev–Trinajstić information content (AvgIpc) is 3.20. The molecule has 0 fully saturated rings. The van der Waals surface area contributed by atoms with Crippen LogP contribution in [0.25, 0.3) is 0 Å². The van der Waals surface area contributed by atoms with E-state index in [1.807, 2.05) is 6.08 Å². The maximum Gasteiger partial charge on any atom is 0.573 e. The zero-order chi connectivity index (χ0) is 22.3. The molecule has 1 atom stereocenters. The first kappa shape index (κ1) is 22.4. The second-order valence-corrected chi connectivity index (χ2v) is 7.27. The van der Waals surface area contributed by atoms with Crippen molar-refractivity contribution in [2.24, 2.45) is 5.92 Å². The van der Waals surface area contributed by atoms with E-state index in [1.165, 1.54) is 18.2 Å². The Morgan fingerprint density at radius 1 is 0.968 bits per heavy atom. The number of nitrogens with one attached hydrogen (secondary N) is 2. The standard InChI is InChI=1S/C23H23F3N2O3/c24-23(25,26)31-20-12-6-3-9-17(20)13-14-21(29)27-18-10-4-5-11-19(18)28-22(30)15-16-7-1-2-8-16/h1,3-7,9-12,16H,2,8,13-15H2,(H,27,29)(H,28,30). The maximum atomic E-state index is 12.5. The van der Waals surface area contributed by atoms with Crippen molar-refractivity contribution in [3.8, 4) is 5.75 Å². The van der Waals surface area contributed by atoms with Crippen LogP contribution in [0, 0.1) is 5.92 Å². The van der Waals surface area contributed by atoms with Crippen molar-refractivity contribution in [1.82, 2.24) is 0 Å². The Bertz CT molecular complexity index is 957. The molecule has 0 saturated heterocycles. The Labute approximate surface area is 178 Å². The van der Waals surface area contributed by atoms with Gasteiger partial charge in [-0.3, -0.25) is 9.59 Å². The first-order valence-electron chi connectivity index (χ1n) is 9.99. The molecule has 2 aromatic rings. The van der Waals surface area contributed by atoms with Gasteiger partial charge >= 0.3 is 6.36 Å². The van der Waals surface area contributed by atoms with Gasteiger partial charge in [-0.15, -0.1) is 13.2 Å². The molecule has 8 heteroatoms. The molecule has 0 bridgehead atoms. The number of hydrogen-bond donors (Lipinski definition) is 2. The quantitative estimate of drug-likeness (QED) is 0.545. The molecule has 0 saturated carbocycles. The lowest BCUT2D eigenvalue weighted by molar-refractivity contribution is -0.274. The van der Waals surface area contributed by atoms with Crippen LogP contribution in [-0.4, -0.2) is 18.2 Å². The summed E-state index contributed by atoms with van der Waals surface area (Å²) in [7, 11) is 0. The second kappa shape index (κ2) is 10.1. The van der Waals surface area contributed by atoms with Crippen molar-refractivity contribution in [3.63, 3.8) is 0 Å². The van der Waals surface area contributed by atoms with E-state index in [9.17, 15) is 22.8 Å². The summed E-state index contributed by atoms with van der Waals surface area (Å²) in [4.78, 5) is 24.7. The van der Waals surface area contributed by atoms with E-state index in [1.54, 1.807) is 30.3 Å². The number of para-hydroxylation sites is 3. The van der Waals surface area contributed by atoms with Gasteiger partial charge in [-0.2, -0.15) is 0 Å². The lowest BCUT2D eigenvalue weighted by Crippen LogP contribution is -2.19. The third kappa shape index (κ3) is 7.16. The highest BCUT2D eigenvalue weighted by molar-refractivity contribution is 5.99. The minimum absolute atomic E-state index is 0.0482. The summed E-state index contributed by atoms with van der Waals surface area (Å²) in [6, 6.07) is 12.5. The van der Waals surface area contributed by atoms with E-state index in [0.29, 0.717) is 17.8 Å². The Morgan fingerprint density at radius 2 is 1.61 bits per heavy atom. The molecule has 0 aromatic heterocycles. The number of allylic oxidation sites excluding steroid dienone is 2. The largest absolute Gasteiger partial charge is 0.573 e. The van der Waals surface area contributed by atoms with Gasteiger partial charge in [-0.05, 0) is 48.9 Å². The fourth-order valence-electron chi connectivity index (χ4n) is 3.40. The number of amides is 2. The summed E-state index contributed by atoms with van der Waals surface area (Å²) >= 11 is 0. The van der Waals surface area contributed by atoms with E-state index in [2.05, 4.69) is 21.4 Å². The molecule has 164 valence electrons. The van der Waals surface area contributed by atoms with Crippen LogP contribution < -0.4 is 15.4 Å². The van der Waals surface area contributed by atoms with Crippen molar-refractivity contribution >= 4 is 23.2 Å². The summed E-state index contributed by atoms with van der Waals surface area (Å²) in [5.74, 6) is -0.629. The molecular formula is C23H23F3N2O3. The van der Waals surface area contributed by atoms with E-state index < -0.39 is 6.36 Å². The molecule has 0 spiro atoms. The number of halogens is 3. The minimum Gasteiger partial charge on any atom is -0.406 e. The average molecular weight is 432 g/mol. The van der Waals surface area contributed by atoms with Crippen LogP contribution in [0.1, 0.15) is 31.2 Å². The van der Waals surface area contributed by atoms with Crippen LogP contribution in [0.3, 0.4) is 0 Å². The second-order valence-electron chi connectivity index (χ2n) is 7.27. The number of alkyl halides is 3. The number of benzene rings is 2. The molecule has 2 aromatic carbocycles. The first-order valence-corrected chi connectivity index (χ1v) is 9.99. The number of ether oxygens (including phenoxy) is 1. The number of aryl methyl sites for hydroxylation is 1. The topological polar surface area (TPSA) is 67.4 Å². The Morgan fingerprint density at radius 3 is 2.26 bits per heavy atom. The summed E-state index contributed by atoms with van der Waals surface area (Å²) in [5.41, 5.74) is 1.19. The molecular weight excluding hydrogens is 409 g/mol. The number of rotatable bonds is 8. The van der Waals surface area contributed by atoms with Crippen LogP contribution >= 0.6 is 0 Å². The highest BCUT2D eigenvalue weighted by Gasteiger charge is 2.32. The molecule has 2 amide bonds. The van der Waals surface area contributed by atoms with E-state index in [4.69, 9.17) is 0 Å². The lowest BCUT2D eigenvalue weighted by atomic mass is 10.0. The summed E-state index contributed by atoms with van der Waals surface area (Å²) in [6.07, 6.45) is 1.61. The van der Waals surface area contributed by atoms with Gasteiger partial charge in [0.05, 0.1) is 11.4 Å². The van der Waals surface area contributed by atoms with Gasteiger partial charge in [-0.1, -0.05) is 42.5 Å². The third-order valence-corrected chi connectivity index (χ3v) is 4.85. The number of carbonyl (C=O) groups is 2. The van der Waals surface area contributed by atoms with Gasteiger partial charge in [0.15, 0.2) is 0 Å². The van der Waals surface area contributed by atoms with E-state index in [-0.39, 0.29) is 41.9 Å². The van der Waals surface area contributed by atoms with Crippen molar-refractivity contribution in [2.45, 2.75) is 38.5 Å². The summed E-state index contributed by atoms with van der Waals surface area (Å²) < 4.78 is 41.7. The zero-order valence-electron chi connectivity index (χ0n) is 16.7. The van der Waals surface area contributed by atoms with E-state index >= 15 is 0 Å². The molecule has 3 rings (SSSR count). The third-order valence-electron chi connectivity index (χ3n) is 4.85. The van der Waals surface area contributed by atoms with Crippen molar-refractivity contribution in [1.29, 1.82) is 0 Å². The molecule has 0 radical (unpaired) electrons. The molecule has 0 aliphatic heterocycles. The van der Waals surface area contributed by atoms with Crippen LogP contribution in [0.5, 0.6) is 5.75 Å². The minimum atomic E-state index is -4.80. The Hall–Kier alpha value is -3.29. The Balaban J connectivity index is 1.58. The zero-order valence-corrected chi connectivity index (χ0v) is 16.7. The lowest BCUT2D eigenvalue weighted by Gasteiger charge is -2.15. The van der Waals surface area contributed by atoms with Gasteiger partial charge in [0.1, 0.15) is 5.75 Å². The van der Waals surface area contributed by atoms with Crippen molar-refractivity contribution in [2.75, 3.05) is 10.6 Å². The SMILES string of the molecule is O=C(CCc1ccccc1OC(F)(F)F)Nc1ccccc1NC(=O)CC1C=CCC1. The predicted octanol–water partition coefficient (Wildman–Crippen LogP) is 5.45. The van der Waals surface area contributed by atoms with Gasteiger partial charge in [0, 0.05) is 12.8 Å². The molecule has 1 aliphatic rings. The van der Waals surface area contributed by atoms with Gasteiger partial charge in [-0.25, -0.2) is 0 Å². The van der Waals surface area contributed by atoms with Crippen LogP contribution in [0.15, 0.2) is 60.7 Å². The normalized spacial score (nSPS) is 15.5. The molecule has 31 heavy (non-hydrogen) atoms. The number of hydrogen-bond acceptors (Lipinski definition) is 3. The fraction of sp³-hybridized carbons (Fsp3) is 0.304. The summed E-state index contributed by atoms with van der Waals surface area (Å²) in [6.45, 7) is 0. The highest BCUT2D eigenvalue weighted by Crippen LogP contribution is 2.28. The molecule has 2 N–H and O–H groups in total. The molecule has 1 unspecified atom stereocenters. The number of anilines is 2.